The molecule has 0 spiro atoms. The van der Waals surface area contributed by atoms with Crippen LogP contribution < -0.4 is 10.6 Å². The molecule has 2 amide bonds. The highest BCUT2D eigenvalue weighted by molar-refractivity contribution is 5.89. The van der Waals surface area contributed by atoms with Crippen LogP contribution in [0.15, 0.2) is 30.3 Å². The van der Waals surface area contributed by atoms with Crippen molar-refractivity contribution in [2.75, 3.05) is 0 Å². The van der Waals surface area contributed by atoms with Gasteiger partial charge in [0.15, 0.2) is 0 Å². The lowest BCUT2D eigenvalue weighted by Gasteiger charge is -2.27. The Labute approximate surface area is 160 Å². The van der Waals surface area contributed by atoms with Gasteiger partial charge in [0, 0.05) is 0 Å². The minimum atomic E-state index is -1.09. The quantitative estimate of drug-likeness (QED) is 0.581. The van der Waals surface area contributed by atoms with E-state index in [1.807, 2.05) is 51.1 Å². The molecular formula is C20H30N2O5. The van der Waals surface area contributed by atoms with Crippen LogP contribution in [0.3, 0.4) is 0 Å². The Bertz CT molecular complexity index is 620. The zero-order chi connectivity index (χ0) is 20.4. The maximum absolute atomic E-state index is 12.6. The highest BCUT2D eigenvalue weighted by Gasteiger charge is 2.32. The molecule has 3 N–H and O–H groups in total. The third-order valence-electron chi connectivity index (χ3n) is 4.76. The lowest BCUT2D eigenvalue weighted by atomic mass is 9.95. The number of alkyl carbamates (subject to hydrolysis) is 1. The third-order valence-corrected chi connectivity index (χ3v) is 4.76. The molecule has 1 rings (SSSR count). The summed E-state index contributed by atoms with van der Waals surface area (Å²) >= 11 is 0. The minimum absolute atomic E-state index is 0.0894. The highest BCUT2D eigenvalue weighted by atomic mass is 16.5. The molecule has 4 unspecified atom stereocenters. The largest absolute Gasteiger partial charge is 0.480 e. The number of hydrogen-bond acceptors (Lipinski definition) is 4. The zero-order valence-electron chi connectivity index (χ0n) is 16.4. The molecule has 1 aromatic rings. The summed E-state index contributed by atoms with van der Waals surface area (Å²) in [5.74, 6) is -2.02. The Morgan fingerprint density at radius 2 is 1.52 bits per heavy atom. The Hall–Kier alpha value is -2.57. The number of ether oxygens (including phenoxy) is 1. The van der Waals surface area contributed by atoms with E-state index in [4.69, 9.17) is 4.74 Å². The lowest BCUT2D eigenvalue weighted by molar-refractivity contribution is -0.143. The Morgan fingerprint density at radius 3 is 2.04 bits per heavy atom. The number of carboxylic acids is 1. The van der Waals surface area contributed by atoms with Crippen molar-refractivity contribution in [3.8, 4) is 0 Å². The molecule has 0 aliphatic rings. The van der Waals surface area contributed by atoms with Gasteiger partial charge in [-0.3, -0.25) is 4.79 Å². The van der Waals surface area contributed by atoms with Gasteiger partial charge in [-0.25, -0.2) is 9.59 Å². The summed E-state index contributed by atoms with van der Waals surface area (Å²) < 4.78 is 5.18. The van der Waals surface area contributed by atoms with Gasteiger partial charge in [0.05, 0.1) is 0 Å². The van der Waals surface area contributed by atoms with E-state index in [2.05, 4.69) is 10.6 Å². The second kappa shape index (κ2) is 11.2. The van der Waals surface area contributed by atoms with Gasteiger partial charge in [0.25, 0.3) is 0 Å². The molecule has 7 heteroatoms. The Balaban J connectivity index is 2.74. The summed E-state index contributed by atoms with van der Waals surface area (Å²) in [4.78, 5) is 36.2. The van der Waals surface area contributed by atoms with Crippen LogP contribution >= 0.6 is 0 Å². The van der Waals surface area contributed by atoms with Gasteiger partial charge in [-0.05, 0) is 17.4 Å². The van der Waals surface area contributed by atoms with Crippen LogP contribution in [0, 0.1) is 11.8 Å². The zero-order valence-corrected chi connectivity index (χ0v) is 16.4. The first-order valence-electron chi connectivity index (χ1n) is 9.30. The molecule has 0 heterocycles. The van der Waals surface area contributed by atoms with Gasteiger partial charge in [-0.15, -0.1) is 0 Å². The standard InChI is InChI=1S/C20H30N2O5/c1-5-13(3)16(18(23)21-17(19(24)25)14(4)6-2)22-20(26)27-12-15-10-8-7-9-11-15/h7-11,13-14,16-17H,5-6,12H2,1-4H3,(H,21,23)(H,22,26)(H,24,25). The molecule has 0 aromatic heterocycles. The summed E-state index contributed by atoms with van der Waals surface area (Å²) in [5, 5.41) is 14.5. The summed E-state index contributed by atoms with van der Waals surface area (Å²) in [5.41, 5.74) is 0.833. The molecule has 150 valence electrons. The van der Waals surface area contributed by atoms with Crippen molar-refractivity contribution in [3.05, 3.63) is 35.9 Å². The van der Waals surface area contributed by atoms with Crippen molar-refractivity contribution in [1.29, 1.82) is 0 Å². The second-order valence-electron chi connectivity index (χ2n) is 6.78. The normalized spacial score (nSPS) is 15.1. The van der Waals surface area contributed by atoms with Crippen LogP contribution in [0.1, 0.15) is 46.1 Å². The van der Waals surface area contributed by atoms with Crippen LogP contribution in [-0.4, -0.2) is 35.2 Å². The van der Waals surface area contributed by atoms with Crippen molar-refractivity contribution in [2.24, 2.45) is 11.8 Å². The number of aliphatic carboxylic acids is 1. The molecule has 0 saturated carbocycles. The first-order chi connectivity index (χ1) is 12.8. The monoisotopic (exact) mass is 378 g/mol. The number of benzene rings is 1. The first-order valence-corrected chi connectivity index (χ1v) is 9.30. The Morgan fingerprint density at radius 1 is 0.963 bits per heavy atom. The fraction of sp³-hybridized carbons (Fsp3) is 0.550. The average Bonchev–Trinajstić information content (AvgIpc) is 2.67. The van der Waals surface area contributed by atoms with Crippen LogP contribution in [0.5, 0.6) is 0 Å². The highest BCUT2D eigenvalue weighted by Crippen LogP contribution is 2.12. The fourth-order valence-electron chi connectivity index (χ4n) is 2.52. The maximum Gasteiger partial charge on any atom is 0.408 e. The summed E-state index contributed by atoms with van der Waals surface area (Å²) in [6.45, 7) is 7.43. The van der Waals surface area contributed by atoms with Gasteiger partial charge in [0.2, 0.25) is 5.91 Å². The fourth-order valence-corrected chi connectivity index (χ4v) is 2.52. The molecule has 27 heavy (non-hydrogen) atoms. The first kappa shape index (κ1) is 22.5. The SMILES string of the molecule is CCC(C)C(NC(=O)C(NC(=O)OCc1ccccc1)C(C)CC)C(=O)O. The van der Waals surface area contributed by atoms with E-state index < -0.39 is 30.1 Å². The van der Waals surface area contributed by atoms with E-state index in [0.29, 0.717) is 12.8 Å². The number of rotatable bonds is 10. The molecule has 7 nitrogen and oxygen atoms in total. The summed E-state index contributed by atoms with van der Waals surface area (Å²) in [6, 6.07) is 7.33. The predicted octanol–water partition coefficient (Wildman–Crippen LogP) is 2.94. The number of hydrogen-bond donors (Lipinski definition) is 3. The van der Waals surface area contributed by atoms with Crippen molar-refractivity contribution < 1.29 is 24.2 Å². The summed E-state index contributed by atoms with van der Waals surface area (Å²) in [7, 11) is 0. The topological polar surface area (TPSA) is 105 Å². The van der Waals surface area contributed by atoms with E-state index >= 15 is 0 Å². The van der Waals surface area contributed by atoms with Crippen molar-refractivity contribution in [3.63, 3.8) is 0 Å². The van der Waals surface area contributed by atoms with Gasteiger partial charge in [-0.1, -0.05) is 70.9 Å². The number of carboxylic acid groups (broad SMARTS) is 1. The molecule has 4 atom stereocenters. The molecule has 0 bridgehead atoms. The summed E-state index contributed by atoms with van der Waals surface area (Å²) in [6.07, 6.45) is 0.533. The number of amides is 2. The lowest BCUT2D eigenvalue weighted by Crippen LogP contribution is -2.55. The molecule has 0 radical (unpaired) electrons. The van der Waals surface area contributed by atoms with Gasteiger partial charge in [0.1, 0.15) is 18.7 Å². The van der Waals surface area contributed by atoms with Crippen molar-refractivity contribution in [2.45, 2.75) is 59.2 Å². The smallest absolute Gasteiger partial charge is 0.408 e. The molecule has 0 aliphatic heterocycles. The van der Waals surface area contributed by atoms with Crippen LogP contribution in [-0.2, 0) is 20.9 Å². The third kappa shape index (κ3) is 7.29. The van der Waals surface area contributed by atoms with Gasteiger partial charge < -0.3 is 20.5 Å². The number of carbonyl (C=O) groups excluding carboxylic acids is 2. The van der Waals surface area contributed by atoms with E-state index in [1.54, 1.807) is 6.92 Å². The molecule has 0 saturated heterocycles. The number of nitrogens with one attached hydrogen (secondary N) is 2. The van der Waals surface area contributed by atoms with Crippen LogP contribution in [0.2, 0.25) is 0 Å². The predicted molar refractivity (Wildman–Crippen MR) is 102 cm³/mol. The Kier molecular flexibility index (Phi) is 9.33. The molecule has 0 aliphatic carbocycles. The van der Waals surface area contributed by atoms with E-state index in [9.17, 15) is 19.5 Å². The van der Waals surface area contributed by atoms with Crippen LogP contribution in [0.4, 0.5) is 4.79 Å². The maximum atomic E-state index is 12.6. The average molecular weight is 378 g/mol. The molecular weight excluding hydrogens is 348 g/mol. The van der Waals surface area contributed by atoms with Crippen molar-refractivity contribution in [1.82, 2.24) is 10.6 Å². The van der Waals surface area contributed by atoms with Crippen molar-refractivity contribution >= 4 is 18.0 Å². The van der Waals surface area contributed by atoms with E-state index in [0.717, 1.165) is 5.56 Å². The number of carbonyl (C=O) groups is 3. The molecule has 1 aromatic carbocycles. The van der Waals surface area contributed by atoms with Crippen LogP contribution in [0.25, 0.3) is 0 Å². The second-order valence-corrected chi connectivity index (χ2v) is 6.78. The molecule has 0 fully saturated rings. The van der Waals surface area contributed by atoms with Gasteiger partial charge >= 0.3 is 12.1 Å². The minimum Gasteiger partial charge on any atom is -0.480 e. The van der Waals surface area contributed by atoms with Gasteiger partial charge in [-0.2, -0.15) is 0 Å². The van der Waals surface area contributed by atoms with E-state index in [-0.39, 0.29) is 18.4 Å². The van der Waals surface area contributed by atoms with E-state index in [1.165, 1.54) is 0 Å².